The van der Waals surface area contributed by atoms with Gasteiger partial charge in [0.25, 0.3) is 5.91 Å². The molecule has 6 heteroatoms. The molecule has 32 heavy (non-hydrogen) atoms. The van der Waals surface area contributed by atoms with Crippen LogP contribution in [0.1, 0.15) is 47.2 Å². The molecule has 0 radical (unpaired) electrons. The molecule has 170 valence electrons. The predicted octanol–water partition coefficient (Wildman–Crippen LogP) is 4.40. The molecular weight excluding hydrogens is 406 g/mol. The third-order valence-corrected chi connectivity index (χ3v) is 5.90. The zero-order valence-corrected chi connectivity index (χ0v) is 19.0. The van der Waals surface area contributed by atoms with Crippen molar-refractivity contribution in [2.75, 3.05) is 20.8 Å². The van der Waals surface area contributed by atoms with Gasteiger partial charge in [0.15, 0.2) is 11.5 Å². The smallest absolute Gasteiger partial charge is 0.331 e. The first-order valence-corrected chi connectivity index (χ1v) is 10.8. The van der Waals surface area contributed by atoms with Crippen molar-refractivity contribution in [3.63, 3.8) is 0 Å². The van der Waals surface area contributed by atoms with Gasteiger partial charge < -0.3 is 19.5 Å². The summed E-state index contributed by atoms with van der Waals surface area (Å²) in [7, 11) is 2.90. The minimum atomic E-state index is -1.04. The lowest BCUT2D eigenvalue weighted by molar-refractivity contribution is -0.149. The number of ether oxygens (including phenoxy) is 3. The lowest BCUT2D eigenvalue weighted by Gasteiger charge is -2.36. The fourth-order valence-electron chi connectivity index (χ4n) is 3.97. The van der Waals surface area contributed by atoms with Gasteiger partial charge in [-0.1, -0.05) is 42.0 Å². The first kappa shape index (κ1) is 23.4. The van der Waals surface area contributed by atoms with E-state index in [-0.39, 0.29) is 5.91 Å². The SMILES string of the molecule is C=C1CCC(NC(=O)c2ccc(OC)c(OCCc3cccc(C)c3)c2)(C(=O)OC)CC1. The summed E-state index contributed by atoms with van der Waals surface area (Å²) in [4.78, 5) is 25.6. The van der Waals surface area contributed by atoms with Gasteiger partial charge >= 0.3 is 5.97 Å². The van der Waals surface area contributed by atoms with Gasteiger partial charge in [-0.3, -0.25) is 4.79 Å². The van der Waals surface area contributed by atoms with Crippen LogP contribution in [0.4, 0.5) is 0 Å². The zero-order chi connectivity index (χ0) is 23.1. The van der Waals surface area contributed by atoms with E-state index in [2.05, 4.69) is 37.0 Å². The van der Waals surface area contributed by atoms with E-state index in [1.807, 2.05) is 6.07 Å². The first-order valence-electron chi connectivity index (χ1n) is 10.8. The van der Waals surface area contributed by atoms with E-state index in [0.29, 0.717) is 49.4 Å². The Labute approximate surface area is 189 Å². The van der Waals surface area contributed by atoms with Gasteiger partial charge in [-0.2, -0.15) is 0 Å². The fraction of sp³-hybridized carbons (Fsp3) is 0.385. The van der Waals surface area contributed by atoms with Crippen LogP contribution < -0.4 is 14.8 Å². The van der Waals surface area contributed by atoms with E-state index in [4.69, 9.17) is 14.2 Å². The Hall–Kier alpha value is -3.28. The van der Waals surface area contributed by atoms with Crippen LogP contribution in [-0.2, 0) is 16.0 Å². The van der Waals surface area contributed by atoms with E-state index >= 15 is 0 Å². The number of hydrogen-bond donors (Lipinski definition) is 1. The summed E-state index contributed by atoms with van der Waals surface area (Å²) in [5.74, 6) is 0.245. The topological polar surface area (TPSA) is 73.9 Å². The molecule has 0 unspecified atom stereocenters. The summed E-state index contributed by atoms with van der Waals surface area (Å²) in [6.07, 6.45) is 3.02. The first-order chi connectivity index (χ1) is 15.4. The number of nitrogens with one attached hydrogen (secondary N) is 1. The Morgan fingerprint density at radius 1 is 1.06 bits per heavy atom. The minimum Gasteiger partial charge on any atom is -0.493 e. The second-order valence-electron chi connectivity index (χ2n) is 8.23. The normalized spacial score (nSPS) is 15.0. The second kappa shape index (κ2) is 10.4. The van der Waals surface area contributed by atoms with Crippen molar-refractivity contribution in [2.24, 2.45) is 0 Å². The number of allylic oxidation sites excluding steroid dienone is 1. The molecule has 1 aliphatic rings. The van der Waals surface area contributed by atoms with E-state index in [9.17, 15) is 9.59 Å². The van der Waals surface area contributed by atoms with Crippen molar-refractivity contribution in [3.8, 4) is 11.5 Å². The quantitative estimate of drug-likeness (QED) is 0.490. The fourth-order valence-corrected chi connectivity index (χ4v) is 3.97. The molecular formula is C26H31NO5. The zero-order valence-electron chi connectivity index (χ0n) is 19.0. The number of rotatable bonds is 8. The summed E-state index contributed by atoms with van der Waals surface area (Å²) in [5, 5.41) is 2.92. The lowest BCUT2D eigenvalue weighted by atomic mass is 9.79. The van der Waals surface area contributed by atoms with Crippen molar-refractivity contribution in [1.29, 1.82) is 0 Å². The monoisotopic (exact) mass is 437 g/mol. The number of esters is 1. The number of methoxy groups -OCH3 is 2. The average Bonchev–Trinajstić information content (AvgIpc) is 2.80. The molecule has 0 saturated heterocycles. The number of carbonyl (C=O) groups excluding carboxylic acids is 2. The van der Waals surface area contributed by atoms with E-state index in [1.54, 1.807) is 25.3 Å². The summed E-state index contributed by atoms with van der Waals surface area (Å²) < 4.78 is 16.4. The number of carbonyl (C=O) groups is 2. The Morgan fingerprint density at radius 2 is 1.81 bits per heavy atom. The van der Waals surface area contributed by atoms with Gasteiger partial charge in [0.1, 0.15) is 5.54 Å². The maximum atomic E-state index is 13.1. The number of hydrogen-bond acceptors (Lipinski definition) is 5. The lowest BCUT2D eigenvalue weighted by Crippen LogP contribution is -2.56. The molecule has 1 amide bonds. The van der Waals surface area contributed by atoms with Gasteiger partial charge in [0, 0.05) is 12.0 Å². The Morgan fingerprint density at radius 3 is 2.47 bits per heavy atom. The van der Waals surface area contributed by atoms with Crippen LogP contribution in [0.25, 0.3) is 0 Å². The van der Waals surface area contributed by atoms with Crippen molar-refractivity contribution >= 4 is 11.9 Å². The van der Waals surface area contributed by atoms with Crippen molar-refractivity contribution in [2.45, 2.75) is 44.6 Å². The molecule has 0 atom stereocenters. The molecule has 0 heterocycles. The van der Waals surface area contributed by atoms with Crippen LogP contribution in [0.2, 0.25) is 0 Å². The van der Waals surface area contributed by atoms with Crippen LogP contribution in [0.5, 0.6) is 11.5 Å². The third-order valence-electron chi connectivity index (χ3n) is 5.90. The Kier molecular flexibility index (Phi) is 7.57. The molecule has 3 rings (SSSR count). The van der Waals surface area contributed by atoms with Gasteiger partial charge in [0.2, 0.25) is 0 Å². The number of benzene rings is 2. The van der Waals surface area contributed by atoms with Gasteiger partial charge in [-0.25, -0.2) is 4.79 Å². The highest BCUT2D eigenvalue weighted by Crippen LogP contribution is 2.33. The molecule has 1 N–H and O–H groups in total. The van der Waals surface area contributed by atoms with Gasteiger partial charge in [-0.15, -0.1) is 0 Å². The molecule has 2 aromatic carbocycles. The summed E-state index contributed by atoms with van der Waals surface area (Å²) in [6.45, 7) is 6.49. The number of aryl methyl sites for hydroxylation is 1. The van der Waals surface area contributed by atoms with Gasteiger partial charge in [0.05, 0.1) is 20.8 Å². The largest absolute Gasteiger partial charge is 0.493 e. The Bertz CT molecular complexity index is 987. The molecule has 1 fully saturated rings. The standard InChI is InChI=1S/C26H31NO5/c1-18-10-13-26(14-11-18,25(29)31-4)27-24(28)21-8-9-22(30-3)23(17-21)32-15-12-20-7-5-6-19(2)16-20/h5-9,16-17H,1,10-15H2,2-4H3,(H,27,28). The highest BCUT2D eigenvalue weighted by atomic mass is 16.5. The summed E-state index contributed by atoms with van der Waals surface area (Å²) >= 11 is 0. The predicted molar refractivity (Wildman–Crippen MR) is 123 cm³/mol. The molecule has 1 saturated carbocycles. The number of amides is 1. The van der Waals surface area contributed by atoms with E-state index in [0.717, 1.165) is 12.0 Å². The van der Waals surface area contributed by atoms with Crippen LogP contribution in [0.15, 0.2) is 54.6 Å². The molecule has 0 aliphatic heterocycles. The Balaban J connectivity index is 1.73. The van der Waals surface area contributed by atoms with E-state index < -0.39 is 11.5 Å². The molecule has 0 spiro atoms. The van der Waals surface area contributed by atoms with Crippen molar-refractivity contribution in [3.05, 3.63) is 71.3 Å². The van der Waals surface area contributed by atoms with Crippen LogP contribution >= 0.6 is 0 Å². The van der Waals surface area contributed by atoms with Crippen LogP contribution in [-0.4, -0.2) is 38.2 Å². The molecule has 0 bridgehead atoms. The van der Waals surface area contributed by atoms with Crippen molar-refractivity contribution < 1.29 is 23.8 Å². The van der Waals surface area contributed by atoms with Crippen LogP contribution in [0, 0.1) is 6.92 Å². The molecule has 2 aromatic rings. The van der Waals surface area contributed by atoms with Crippen molar-refractivity contribution in [1.82, 2.24) is 5.32 Å². The summed E-state index contributed by atoms with van der Waals surface area (Å²) in [6, 6.07) is 13.3. The van der Waals surface area contributed by atoms with Gasteiger partial charge in [-0.05, 0) is 56.4 Å². The third kappa shape index (κ3) is 5.49. The second-order valence-corrected chi connectivity index (χ2v) is 8.23. The highest BCUT2D eigenvalue weighted by molar-refractivity contribution is 5.98. The van der Waals surface area contributed by atoms with E-state index in [1.165, 1.54) is 18.2 Å². The maximum absolute atomic E-state index is 13.1. The maximum Gasteiger partial charge on any atom is 0.331 e. The van der Waals surface area contributed by atoms with Crippen LogP contribution in [0.3, 0.4) is 0 Å². The highest BCUT2D eigenvalue weighted by Gasteiger charge is 2.43. The minimum absolute atomic E-state index is 0.353. The average molecular weight is 438 g/mol. The molecule has 0 aromatic heterocycles. The molecule has 6 nitrogen and oxygen atoms in total. The molecule has 1 aliphatic carbocycles. The summed E-state index contributed by atoms with van der Waals surface area (Å²) in [5.41, 5.74) is 2.80.